The zero-order chi connectivity index (χ0) is 23.8. The summed E-state index contributed by atoms with van der Waals surface area (Å²) < 4.78 is 0. The highest BCUT2D eigenvalue weighted by Crippen LogP contribution is 2.43. The number of anilines is 1. The number of nitrogen functional groups attached to an aromatic ring is 1. The summed E-state index contributed by atoms with van der Waals surface area (Å²) in [5.41, 5.74) is 7.25. The van der Waals surface area contributed by atoms with Gasteiger partial charge in [0.1, 0.15) is 0 Å². The Bertz CT molecular complexity index is 720. The highest BCUT2D eigenvalue weighted by atomic mass is 16.2. The third-order valence-corrected chi connectivity index (χ3v) is 9.71. The van der Waals surface area contributed by atoms with E-state index in [0.717, 1.165) is 53.9 Å². The molecule has 1 aromatic carbocycles. The van der Waals surface area contributed by atoms with Gasteiger partial charge in [0.2, 0.25) is 0 Å². The maximum atomic E-state index is 12.7. The van der Waals surface area contributed by atoms with Gasteiger partial charge in [-0.3, -0.25) is 4.79 Å². The van der Waals surface area contributed by atoms with Gasteiger partial charge in [-0.25, -0.2) is 0 Å². The van der Waals surface area contributed by atoms with Crippen LogP contribution < -0.4 is 5.73 Å². The first-order valence-electron chi connectivity index (χ1n) is 14.8. The van der Waals surface area contributed by atoms with E-state index in [1.54, 1.807) is 0 Å². The zero-order valence-electron chi connectivity index (χ0n) is 21.9. The lowest BCUT2D eigenvalue weighted by molar-refractivity contribution is 0.0680. The second-order valence-corrected chi connectivity index (χ2v) is 12.0. The molecule has 0 aromatic heterocycles. The molecule has 1 saturated heterocycles. The van der Waals surface area contributed by atoms with Crippen molar-refractivity contribution in [3.8, 4) is 0 Å². The number of nitrogens with two attached hydrogens (primary N) is 1. The van der Waals surface area contributed by atoms with Crippen LogP contribution in [0, 0.1) is 29.6 Å². The molecular formula is C31H50N2O. The fourth-order valence-corrected chi connectivity index (χ4v) is 7.28. The first kappa shape index (κ1) is 25.6. The molecule has 0 atom stereocenters. The van der Waals surface area contributed by atoms with Crippen LogP contribution in [0.2, 0.25) is 0 Å². The van der Waals surface area contributed by atoms with Crippen molar-refractivity contribution in [1.82, 2.24) is 4.90 Å². The van der Waals surface area contributed by atoms with Gasteiger partial charge in [-0.05, 0) is 92.4 Å². The Hall–Kier alpha value is -1.51. The minimum Gasteiger partial charge on any atom is -0.399 e. The molecule has 2 N–H and O–H groups in total. The monoisotopic (exact) mass is 466 g/mol. The van der Waals surface area contributed by atoms with Crippen LogP contribution in [0.4, 0.5) is 5.69 Å². The van der Waals surface area contributed by atoms with E-state index in [4.69, 9.17) is 5.73 Å². The predicted molar refractivity (Wildman–Crippen MR) is 144 cm³/mol. The Morgan fingerprint density at radius 3 is 1.76 bits per heavy atom. The number of hydrogen-bond donors (Lipinski definition) is 1. The largest absolute Gasteiger partial charge is 0.399 e. The van der Waals surface area contributed by atoms with Crippen molar-refractivity contribution in [3.05, 3.63) is 29.8 Å². The van der Waals surface area contributed by atoms with Crippen LogP contribution in [0.3, 0.4) is 0 Å². The molecule has 0 radical (unpaired) electrons. The number of piperidine rings is 1. The van der Waals surface area contributed by atoms with E-state index in [2.05, 4.69) is 6.92 Å². The maximum Gasteiger partial charge on any atom is 0.253 e. The smallest absolute Gasteiger partial charge is 0.253 e. The number of amides is 1. The maximum absolute atomic E-state index is 12.7. The van der Waals surface area contributed by atoms with Crippen molar-refractivity contribution >= 4 is 11.6 Å². The van der Waals surface area contributed by atoms with Crippen molar-refractivity contribution in [2.45, 2.75) is 110 Å². The quantitative estimate of drug-likeness (QED) is 0.295. The lowest BCUT2D eigenvalue weighted by Crippen LogP contribution is -2.38. The van der Waals surface area contributed by atoms with Gasteiger partial charge < -0.3 is 10.6 Å². The number of carbonyl (C=O) groups excluding carboxylic acids is 1. The molecule has 4 rings (SSSR count). The number of nitrogens with zero attached hydrogens (tertiary/aromatic N) is 1. The Morgan fingerprint density at radius 2 is 1.24 bits per heavy atom. The minimum atomic E-state index is 0.173. The Labute approximate surface area is 209 Å². The summed E-state index contributed by atoms with van der Waals surface area (Å²) in [6, 6.07) is 7.38. The highest BCUT2D eigenvalue weighted by molar-refractivity contribution is 5.94. The summed E-state index contributed by atoms with van der Waals surface area (Å²) in [5.74, 6) is 5.09. The summed E-state index contributed by atoms with van der Waals surface area (Å²) in [6.45, 7) is 4.16. The van der Waals surface area contributed by atoms with Crippen molar-refractivity contribution < 1.29 is 4.79 Å². The van der Waals surface area contributed by atoms with Gasteiger partial charge in [-0.1, -0.05) is 71.1 Å². The van der Waals surface area contributed by atoms with Crippen LogP contribution in [0.15, 0.2) is 24.3 Å². The SMILES string of the molecule is CCCCCC1CCC(C2CCC(CCC3CCN(C(=O)c4ccc(N)cc4)CC3)CC2)CC1. The molecule has 2 aliphatic carbocycles. The van der Waals surface area contributed by atoms with Crippen LogP contribution in [-0.4, -0.2) is 23.9 Å². The summed E-state index contributed by atoms with van der Waals surface area (Å²) >= 11 is 0. The summed E-state index contributed by atoms with van der Waals surface area (Å²) in [7, 11) is 0. The molecule has 3 aliphatic rings. The number of hydrogen-bond acceptors (Lipinski definition) is 2. The molecule has 1 heterocycles. The molecule has 2 saturated carbocycles. The molecule has 34 heavy (non-hydrogen) atoms. The van der Waals surface area contributed by atoms with Gasteiger partial charge in [0, 0.05) is 24.3 Å². The third-order valence-electron chi connectivity index (χ3n) is 9.71. The van der Waals surface area contributed by atoms with Crippen molar-refractivity contribution in [2.24, 2.45) is 29.6 Å². The van der Waals surface area contributed by atoms with Crippen LogP contribution >= 0.6 is 0 Å². The van der Waals surface area contributed by atoms with Gasteiger partial charge in [0.05, 0.1) is 0 Å². The zero-order valence-corrected chi connectivity index (χ0v) is 21.9. The molecular weight excluding hydrogens is 416 g/mol. The first-order valence-corrected chi connectivity index (χ1v) is 14.8. The van der Waals surface area contributed by atoms with Gasteiger partial charge in [0.25, 0.3) is 5.91 Å². The lowest BCUT2D eigenvalue weighted by Gasteiger charge is -2.38. The topological polar surface area (TPSA) is 46.3 Å². The van der Waals surface area contributed by atoms with Gasteiger partial charge in [-0.15, -0.1) is 0 Å². The van der Waals surface area contributed by atoms with Crippen LogP contribution in [0.5, 0.6) is 0 Å². The van der Waals surface area contributed by atoms with Gasteiger partial charge >= 0.3 is 0 Å². The number of rotatable bonds is 9. The molecule has 190 valence electrons. The molecule has 1 amide bonds. The molecule has 0 bridgehead atoms. The van der Waals surface area contributed by atoms with E-state index in [9.17, 15) is 4.79 Å². The fraction of sp³-hybridized carbons (Fsp3) is 0.774. The first-order chi connectivity index (χ1) is 16.6. The molecule has 3 fully saturated rings. The Morgan fingerprint density at radius 1 is 0.735 bits per heavy atom. The number of likely N-dealkylation sites (tertiary alicyclic amines) is 1. The number of benzene rings is 1. The van der Waals surface area contributed by atoms with E-state index in [1.165, 1.54) is 103 Å². The van der Waals surface area contributed by atoms with Crippen molar-refractivity contribution in [3.63, 3.8) is 0 Å². The molecule has 0 unspecified atom stereocenters. The van der Waals surface area contributed by atoms with E-state index in [0.29, 0.717) is 0 Å². The second-order valence-electron chi connectivity index (χ2n) is 12.0. The average Bonchev–Trinajstić information content (AvgIpc) is 2.89. The standard InChI is InChI=1S/C31H50N2O/c1-2-3-4-5-24-8-12-27(13-9-24)28-14-10-25(11-15-28)6-7-26-20-22-33(23-21-26)31(34)29-16-18-30(32)19-17-29/h16-19,24-28H,2-15,20-23,32H2,1H3. The van der Waals surface area contributed by atoms with Crippen LogP contribution in [0.25, 0.3) is 0 Å². The number of carbonyl (C=O) groups is 1. The fourth-order valence-electron chi connectivity index (χ4n) is 7.28. The van der Waals surface area contributed by atoms with Crippen LogP contribution in [-0.2, 0) is 0 Å². The molecule has 3 nitrogen and oxygen atoms in total. The lowest BCUT2D eigenvalue weighted by atomic mass is 9.68. The highest BCUT2D eigenvalue weighted by Gasteiger charge is 2.31. The summed E-state index contributed by atoms with van der Waals surface area (Å²) in [6.07, 6.45) is 23.0. The molecule has 3 heteroatoms. The molecule has 0 spiro atoms. The van der Waals surface area contributed by atoms with E-state index in [-0.39, 0.29) is 5.91 Å². The third kappa shape index (κ3) is 7.25. The molecule has 1 aromatic rings. The summed E-state index contributed by atoms with van der Waals surface area (Å²) in [5, 5.41) is 0. The van der Waals surface area contributed by atoms with Crippen molar-refractivity contribution in [1.29, 1.82) is 0 Å². The normalized spacial score (nSPS) is 28.7. The Balaban J connectivity index is 1.09. The molecule has 1 aliphatic heterocycles. The second kappa shape index (κ2) is 13.0. The van der Waals surface area contributed by atoms with Gasteiger partial charge in [0.15, 0.2) is 0 Å². The van der Waals surface area contributed by atoms with Crippen molar-refractivity contribution in [2.75, 3.05) is 18.8 Å². The van der Waals surface area contributed by atoms with Crippen LogP contribution in [0.1, 0.15) is 120 Å². The van der Waals surface area contributed by atoms with Gasteiger partial charge in [-0.2, -0.15) is 0 Å². The van der Waals surface area contributed by atoms with E-state index >= 15 is 0 Å². The predicted octanol–water partition coefficient (Wildman–Crippen LogP) is 8.09. The average molecular weight is 467 g/mol. The van der Waals surface area contributed by atoms with E-state index in [1.807, 2.05) is 29.2 Å². The minimum absolute atomic E-state index is 0.173. The Kier molecular flexibility index (Phi) is 9.77. The number of unbranched alkanes of at least 4 members (excludes halogenated alkanes) is 2. The van der Waals surface area contributed by atoms with E-state index < -0.39 is 0 Å². The summed E-state index contributed by atoms with van der Waals surface area (Å²) in [4.78, 5) is 14.8.